The number of benzene rings is 1. The van der Waals surface area contributed by atoms with E-state index < -0.39 is 17.7 Å². The molecule has 1 aromatic carbocycles. The number of carbonyl (C=O) groups is 2. The van der Waals surface area contributed by atoms with E-state index in [4.69, 9.17) is 19.2 Å². The van der Waals surface area contributed by atoms with E-state index >= 15 is 0 Å². The summed E-state index contributed by atoms with van der Waals surface area (Å²) in [6.07, 6.45) is 2.26. The number of methoxy groups -OCH3 is 1. The number of aryl methyl sites for hydroxylation is 1. The first-order chi connectivity index (χ1) is 18.5. The molecule has 1 amide bonds. The molecule has 214 valence electrons. The summed E-state index contributed by atoms with van der Waals surface area (Å²) < 4.78 is 18.1. The molecule has 0 spiro atoms. The molecule has 11 nitrogen and oxygen atoms in total. The number of nitrogens with one attached hydrogen (secondary N) is 2. The minimum atomic E-state index is -0.613. The predicted molar refractivity (Wildman–Crippen MR) is 150 cm³/mol. The quantitative estimate of drug-likeness (QED) is 0.278. The molecule has 1 unspecified atom stereocenters. The number of fused-ring (bicyclic) bond motifs is 3. The Kier molecular flexibility index (Phi) is 10.4. The van der Waals surface area contributed by atoms with Gasteiger partial charge in [-0.25, -0.2) is 9.78 Å². The molecule has 0 aliphatic heterocycles. The van der Waals surface area contributed by atoms with Crippen LogP contribution in [-0.2, 0) is 14.3 Å². The number of nitrogens with zero attached hydrogens (tertiary/aromatic N) is 4. The van der Waals surface area contributed by atoms with Gasteiger partial charge in [0.25, 0.3) is 0 Å². The summed E-state index contributed by atoms with van der Waals surface area (Å²) in [5.41, 5.74) is 1.72. The molecule has 3 aromatic rings. The fraction of sp³-hybridized carbons (Fsp3) is 0.607. The van der Waals surface area contributed by atoms with E-state index in [0.29, 0.717) is 43.4 Å². The molecule has 0 saturated heterocycles. The van der Waals surface area contributed by atoms with Crippen molar-refractivity contribution >= 4 is 34.4 Å². The highest BCUT2D eigenvalue weighted by Gasteiger charge is 2.26. The monoisotopic (exact) mass is 542 g/mol. The van der Waals surface area contributed by atoms with Crippen molar-refractivity contribution in [3.63, 3.8) is 0 Å². The Bertz CT molecular complexity index is 1270. The highest BCUT2D eigenvalue weighted by Crippen LogP contribution is 2.25. The van der Waals surface area contributed by atoms with E-state index in [1.165, 1.54) is 0 Å². The first-order valence-corrected chi connectivity index (χ1v) is 13.5. The SMILES string of the molecule is COCCOc1ccc2c(c1)nc(NCCCCCC(=O)C(NC(=O)OC(C)(C)C)C(C)C)c1nnc(C)n12. The van der Waals surface area contributed by atoms with Gasteiger partial charge in [0.05, 0.1) is 23.7 Å². The fourth-order valence-electron chi connectivity index (χ4n) is 4.22. The van der Waals surface area contributed by atoms with Crippen LogP contribution in [0.4, 0.5) is 10.6 Å². The van der Waals surface area contributed by atoms with E-state index in [1.54, 1.807) is 27.9 Å². The number of aromatic nitrogens is 4. The van der Waals surface area contributed by atoms with Gasteiger partial charge in [-0.3, -0.25) is 9.20 Å². The molecule has 3 rings (SSSR count). The number of alkyl carbamates (subject to hydrolysis) is 1. The van der Waals surface area contributed by atoms with Crippen molar-refractivity contribution in [2.45, 2.75) is 78.9 Å². The normalized spacial score (nSPS) is 12.6. The summed E-state index contributed by atoms with van der Waals surface area (Å²) in [6, 6.07) is 5.20. The second-order valence-electron chi connectivity index (χ2n) is 10.9. The van der Waals surface area contributed by atoms with Crippen LogP contribution in [0.1, 0.15) is 66.1 Å². The molecule has 11 heteroatoms. The first kappa shape index (κ1) is 30.1. The third kappa shape index (κ3) is 8.51. The summed E-state index contributed by atoms with van der Waals surface area (Å²) in [5.74, 6) is 2.13. The van der Waals surface area contributed by atoms with E-state index in [9.17, 15) is 9.59 Å². The number of carbonyl (C=O) groups excluding carboxylic acids is 2. The topological polar surface area (TPSA) is 129 Å². The van der Waals surface area contributed by atoms with Crippen molar-refractivity contribution in [1.29, 1.82) is 0 Å². The standard InChI is InChI=1S/C28H42N6O5/c1-18(2)24(31-27(36)39-28(4,5)6)23(35)11-9-8-10-14-29-25-26-33-32-19(3)34(26)22-13-12-20(17-21(22)30-25)38-16-15-37-7/h12-13,17-18,24H,8-11,14-16H2,1-7H3,(H,29,30)(H,31,36). The number of hydrogen-bond donors (Lipinski definition) is 2. The zero-order chi connectivity index (χ0) is 28.6. The molecule has 2 aromatic heterocycles. The van der Waals surface area contributed by atoms with Crippen molar-refractivity contribution in [2.75, 3.05) is 32.2 Å². The molecule has 39 heavy (non-hydrogen) atoms. The summed E-state index contributed by atoms with van der Waals surface area (Å²) in [7, 11) is 1.64. The summed E-state index contributed by atoms with van der Waals surface area (Å²) in [4.78, 5) is 29.7. The third-order valence-electron chi connectivity index (χ3n) is 6.09. The second-order valence-corrected chi connectivity index (χ2v) is 10.9. The maximum Gasteiger partial charge on any atom is 0.408 e. The Balaban J connectivity index is 1.55. The average molecular weight is 543 g/mol. The lowest BCUT2D eigenvalue weighted by molar-refractivity contribution is -0.122. The number of hydrogen-bond acceptors (Lipinski definition) is 9. The zero-order valence-corrected chi connectivity index (χ0v) is 24.2. The van der Waals surface area contributed by atoms with Gasteiger partial charge in [-0.1, -0.05) is 20.3 Å². The van der Waals surface area contributed by atoms with E-state index in [0.717, 1.165) is 36.1 Å². The van der Waals surface area contributed by atoms with Gasteiger partial charge in [-0.15, -0.1) is 10.2 Å². The van der Waals surface area contributed by atoms with Gasteiger partial charge >= 0.3 is 6.09 Å². The first-order valence-electron chi connectivity index (χ1n) is 13.5. The molecule has 2 N–H and O–H groups in total. The second kappa shape index (κ2) is 13.5. The Morgan fingerprint density at radius 3 is 2.54 bits per heavy atom. The van der Waals surface area contributed by atoms with Crippen LogP contribution in [0, 0.1) is 12.8 Å². The minimum Gasteiger partial charge on any atom is -0.491 e. The third-order valence-corrected chi connectivity index (χ3v) is 6.09. The van der Waals surface area contributed by atoms with Gasteiger partial charge in [0, 0.05) is 26.1 Å². The van der Waals surface area contributed by atoms with Crippen LogP contribution in [0.25, 0.3) is 16.7 Å². The maximum absolute atomic E-state index is 12.8. The lowest BCUT2D eigenvalue weighted by atomic mass is 9.96. The lowest BCUT2D eigenvalue weighted by Crippen LogP contribution is -2.46. The average Bonchev–Trinajstić information content (AvgIpc) is 3.25. The van der Waals surface area contributed by atoms with Crippen LogP contribution >= 0.6 is 0 Å². The summed E-state index contributed by atoms with van der Waals surface area (Å²) in [6.45, 7) is 12.8. The van der Waals surface area contributed by atoms with Gasteiger partial charge in [-0.2, -0.15) is 0 Å². The predicted octanol–water partition coefficient (Wildman–Crippen LogP) is 4.70. The summed E-state index contributed by atoms with van der Waals surface area (Å²) in [5, 5.41) is 14.7. The highest BCUT2D eigenvalue weighted by molar-refractivity contribution is 5.87. The Morgan fingerprint density at radius 1 is 1.08 bits per heavy atom. The van der Waals surface area contributed by atoms with Gasteiger partial charge in [0.15, 0.2) is 11.6 Å². The number of ether oxygens (including phenoxy) is 3. The Labute approximate surface area is 230 Å². The number of ketones is 1. The molecule has 0 aliphatic carbocycles. The van der Waals surface area contributed by atoms with Gasteiger partial charge < -0.3 is 24.8 Å². The number of Topliss-reactive ketones (excluding diaryl/α,β-unsaturated/α-hetero) is 1. The van der Waals surface area contributed by atoms with Crippen LogP contribution in [0.3, 0.4) is 0 Å². The van der Waals surface area contributed by atoms with Crippen LogP contribution in [0.15, 0.2) is 18.2 Å². The van der Waals surface area contributed by atoms with E-state index in [-0.39, 0.29) is 11.7 Å². The van der Waals surface area contributed by atoms with Crippen molar-refractivity contribution in [2.24, 2.45) is 5.92 Å². The van der Waals surface area contributed by atoms with Crippen molar-refractivity contribution in [3.05, 3.63) is 24.0 Å². The number of amides is 1. The molecular weight excluding hydrogens is 500 g/mol. The van der Waals surface area contributed by atoms with Crippen LogP contribution < -0.4 is 15.4 Å². The van der Waals surface area contributed by atoms with Gasteiger partial charge in [0.2, 0.25) is 5.65 Å². The number of rotatable bonds is 14. The molecule has 1 atom stereocenters. The fourth-order valence-corrected chi connectivity index (χ4v) is 4.22. The molecule has 2 heterocycles. The Morgan fingerprint density at radius 2 is 1.85 bits per heavy atom. The molecule has 0 bridgehead atoms. The van der Waals surface area contributed by atoms with Gasteiger partial charge in [0.1, 0.15) is 23.8 Å². The molecule has 0 aliphatic rings. The smallest absolute Gasteiger partial charge is 0.408 e. The number of unbranched alkanes of at least 4 members (excludes halogenated alkanes) is 2. The minimum absolute atomic E-state index is 0.0178. The zero-order valence-electron chi connectivity index (χ0n) is 24.2. The molecule has 0 radical (unpaired) electrons. The number of anilines is 1. The van der Waals surface area contributed by atoms with Crippen molar-refractivity contribution in [1.82, 2.24) is 24.9 Å². The van der Waals surface area contributed by atoms with Crippen LogP contribution in [0.2, 0.25) is 0 Å². The van der Waals surface area contributed by atoms with Crippen LogP contribution in [0.5, 0.6) is 5.75 Å². The largest absolute Gasteiger partial charge is 0.491 e. The summed E-state index contributed by atoms with van der Waals surface area (Å²) >= 11 is 0. The lowest BCUT2D eigenvalue weighted by Gasteiger charge is -2.25. The maximum atomic E-state index is 12.8. The highest BCUT2D eigenvalue weighted by atomic mass is 16.6. The van der Waals surface area contributed by atoms with Crippen molar-refractivity contribution in [3.8, 4) is 5.75 Å². The molecule has 0 fully saturated rings. The molecular formula is C28H42N6O5. The van der Waals surface area contributed by atoms with E-state index in [1.807, 2.05) is 43.4 Å². The van der Waals surface area contributed by atoms with Crippen LogP contribution in [-0.4, -0.2) is 70.0 Å². The van der Waals surface area contributed by atoms with Gasteiger partial charge in [-0.05, 0) is 58.6 Å². The Hall–Kier alpha value is -3.47. The van der Waals surface area contributed by atoms with E-state index in [2.05, 4.69) is 20.8 Å². The molecule has 0 saturated carbocycles. The van der Waals surface area contributed by atoms with Crippen molar-refractivity contribution < 1.29 is 23.8 Å².